The zero-order valence-electron chi connectivity index (χ0n) is 13.0. The Morgan fingerprint density at radius 2 is 2.22 bits per heavy atom. The molecule has 0 atom stereocenters. The molecule has 2 aromatic heterocycles. The van der Waals surface area contributed by atoms with Crippen molar-refractivity contribution in [2.24, 2.45) is 0 Å². The molecule has 0 aliphatic rings. The molecule has 0 radical (unpaired) electrons. The molecule has 0 aliphatic carbocycles. The van der Waals surface area contributed by atoms with E-state index in [1.807, 2.05) is 7.05 Å². The zero-order chi connectivity index (χ0) is 16.2. The Labute approximate surface area is 132 Å². The molecule has 122 valence electrons. The molecule has 0 fully saturated rings. The van der Waals surface area contributed by atoms with E-state index < -0.39 is 0 Å². The fraction of sp³-hybridized carbons (Fsp3) is 0.400. The van der Waals surface area contributed by atoms with Crippen LogP contribution in [-0.4, -0.2) is 45.7 Å². The van der Waals surface area contributed by atoms with Gasteiger partial charge in [0.25, 0.3) is 0 Å². The Morgan fingerprint density at radius 1 is 1.35 bits per heavy atom. The predicted octanol–water partition coefficient (Wildman–Crippen LogP) is 1.91. The number of hydrogen-bond acceptors (Lipinski definition) is 6. The molecule has 8 heteroatoms. The topological polar surface area (TPSA) is 80.1 Å². The van der Waals surface area contributed by atoms with E-state index in [9.17, 15) is 4.39 Å². The minimum atomic E-state index is -0.270. The number of likely N-dealkylation sites (N-methyl/N-ethyl adjacent to an activating group) is 1. The number of nitrogens with zero attached hydrogens (tertiary/aromatic N) is 4. The first-order valence-electron chi connectivity index (χ1n) is 7.27. The van der Waals surface area contributed by atoms with Crippen LogP contribution in [0.1, 0.15) is 17.5 Å². The van der Waals surface area contributed by atoms with Gasteiger partial charge in [-0.25, -0.2) is 9.37 Å². The highest BCUT2D eigenvalue weighted by atomic mass is 19.1. The van der Waals surface area contributed by atoms with Crippen LogP contribution in [0.5, 0.6) is 0 Å². The quantitative estimate of drug-likeness (QED) is 0.716. The maximum absolute atomic E-state index is 13.2. The summed E-state index contributed by atoms with van der Waals surface area (Å²) in [7, 11) is 3.55. The number of benzene rings is 1. The van der Waals surface area contributed by atoms with Crippen LogP contribution in [0, 0.1) is 5.82 Å². The van der Waals surface area contributed by atoms with Crippen LogP contribution in [-0.2, 0) is 24.3 Å². The maximum Gasteiger partial charge on any atom is 0.240 e. The third-order valence-electron chi connectivity index (χ3n) is 3.41. The van der Waals surface area contributed by atoms with Gasteiger partial charge in [0, 0.05) is 20.1 Å². The second kappa shape index (κ2) is 6.84. The normalized spacial score (nSPS) is 11.7. The summed E-state index contributed by atoms with van der Waals surface area (Å²) in [5.74, 6) is 1.64. The van der Waals surface area contributed by atoms with Crippen molar-refractivity contribution in [1.29, 1.82) is 0 Å². The first-order valence-corrected chi connectivity index (χ1v) is 7.27. The average molecular weight is 319 g/mol. The van der Waals surface area contributed by atoms with Gasteiger partial charge in [-0.1, -0.05) is 5.16 Å². The number of aromatic amines is 1. The minimum Gasteiger partial charge on any atom is -0.377 e. The molecule has 0 amide bonds. The van der Waals surface area contributed by atoms with Gasteiger partial charge in [0.2, 0.25) is 5.89 Å². The lowest BCUT2D eigenvalue weighted by atomic mass is 10.3. The van der Waals surface area contributed by atoms with E-state index in [4.69, 9.17) is 9.26 Å². The van der Waals surface area contributed by atoms with E-state index in [0.29, 0.717) is 36.8 Å². The lowest BCUT2D eigenvalue weighted by Gasteiger charge is -2.12. The first kappa shape index (κ1) is 15.6. The molecule has 0 saturated carbocycles. The second-order valence-corrected chi connectivity index (χ2v) is 5.37. The molecule has 23 heavy (non-hydrogen) atoms. The number of rotatable bonds is 7. The summed E-state index contributed by atoms with van der Waals surface area (Å²) in [6.45, 7) is 1.64. The summed E-state index contributed by atoms with van der Waals surface area (Å²) in [4.78, 5) is 13.9. The molecular weight excluding hydrogens is 301 g/mol. The zero-order valence-corrected chi connectivity index (χ0v) is 13.0. The minimum absolute atomic E-state index is 0.270. The summed E-state index contributed by atoms with van der Waals surface area (Å²) >= 11 is 0. The van der Waals surface area contributed by atoms with Crippen LogP contribution in [0.15, 0.2) is 22.7 Å². The Kier molecular flexibility index (Phi) is 4.63. The van der Waals surface area contributed by atoms with Crippen LogP contribution < -0.4 is 0 Å². The van der Waals surface area contributed by atoms with Crippen molar-refractivity contribution in [3.05, 3.63) is 41.6 Å². The van der Waals surface area contributed by atoms with E-state index in [-0.39, 0.29) is 5.82 Å². The highest BCUT2D eigenvalue weighted by Crippen LogP contribution is 2.13. The van der Waals surface area contributed by atoms with Gasteiger partial charge >= 0.3 is 0 Å². The van der Waals surface area contributed by atoms with Crippen LogP contribution in [0.3, 0.4) is 0 Å². The Bertz CT molecular complexity index is 785. The van der Waals surface area contributed by atoms with E-state index in [0.717, 1.165) is 17.9 Å². The van der Waals surface area contributed by atoms with Crippen molar-refractivity contribution in [2.45, 2.75) is 19.6 Å². The summed E-state index contributed by atoms with van der Waals surface area (Å²) in [6, 6.07) is 4.53. The highest BCUT2D eigenvalue weighted by molar-refractivity contribution is 5.74. The summed E-state index contributed by atoms with van der Waals surface area (Å²) < 4.78 is 23.3. The maximum atomic E-state index is 13.2. The Morgan fingerprint density at radius 3 is 3.04 bits per heavy atom. The molecule has 0 bridgehead atoms. The van der Waals surface area contributed by atoms with Gasteiger partial charge in [0.05, 0.1) is 17.6 Å². The molecule has 1 N–H and O–H groups in total. The van der Waals surface area contributed by atoms with Gasteiger partial charge in [-0.15, -0.1) is 0 Å². The largest absolute Gasteiger partial charge is 0.377 e. The standard InChI is InChI=1S/C15H18FN5O2/c1-21(8-15-19-14(9-22-2)20-23-15)6-5-13-17-11-4-3-10(16)7-12(11)18-13/h3-4,7H,5-6,8-9H2,1-2H3,(H,17,18). The molecule has 7 nitrogen and oxygen atoms in total. The lowest BCUT2D eigenvalue weighted by Crippen LogP contribution is -2.21. The molecular formula is C15H18FN5O2. The molecule has 3 aromatic rings. The summed E-state index contributed by atoms with van der Waals surface area (Å²) in [5.41, 5.74) is 1.48. The number of aromatic nitrogens is 4. The van der Waals surface area contributed by atoms with Crippen molar-refractivity contribution in [3.8, 4) is 0 Å². The van der Waals surface area contributed by atoms with Crippen LogP contribution in [0.25, 0.3) is 11.0 Å². The molecule has 0 unspecified atom stereocenters. The van der Waals surface area contributed by atoms with E-state index in [1.54, 1.807) is 13.2 Å². The first-order chi connectivity index (χ1) is 11.1. The molecule has 0 aliphatic heterocycles. The third-order valence-corrected chi connectivity index (χ3v) is 3.41. The van der Waals surface area contributed by atoms with Gasteiger partial charge in [-0.05, 0) is 25.2 Å². The Hall–Kier alpha value is -2.32. The van der Waals surface area contributed by atoms with E-state index >= 15 is 0 Å². The lowest BCUT2D eigenvalue weighted by molar-refractivity contribution is 0.174. The van der Waals surface area contributed by atoms with E-state index in [2.05, 4.69) is 25.0 Å². The molecule has 3 rings (SSSR count). The monoisotopic (exact) mass is 319 g/mol. The average Bonchev–Trinajstić information content (AvgIpc) is 3.11. The SMILES string of the molecule is COCc1noc(CN(C)CCc2nc3ccc(F)cc3[nH]2)n1. The highest BCUT2D eigenvalue weighted by Gasteiger charge is 2.10. The van der Waals surface area contributed by atoms with Crippen molar-refractivity contribution in [1.82, 2.24) is 25.0 Å². The Balaban J connectivity index is 1.55. The predicted molar refractivity (Wildman–Crippen MR) is 81.1 cm³/mol. The number of methoxy groups -OCH3 is 1. The third kappa shape index (κ3) is 3.91. The molecule has 1 aromatic carbocycles. The van der Waals surface area contributed by atoms with Crippen molar-refractivity contribution < 1.29 is 13.7 Å². The van der Waals surface area contributed by atoms with Gasteiger partial charge in [-0.3, -0.25) is 4.90 Å². The summed E-state index contributed by atoms with van der Waals surface area (Å²) in [6.07, 6.45) is 0.714. The van der Waals surface area contributed by atoms with Crippen molar-refractivity contribution in [3.63, 3.8) is 0 Å². The second-order valence-electron chi connectivity index (χ2n) is 5.37. The van der Waals surface area contributed by atoms with Gasteiger partial charge in [0.1, 0.15) is 18.2 Å². The number of halogens is 1. The number of ether oxygens (including phenoxy) is 1. The van der Waals surface area contributed by atoms with Crippen LogP contribution in [0.2, 0.25) is 0 Å². The number of imidazole rings is 1. The van der Waals surface area contributed by atoms with Crippen molar-refractivity contribution >= 4 is 11.0 Å². The van der Waals surface area contributed by atoms with Crippen LogP contribution in [0.4, 0.5) is 4.39 Å². The number of nitrogens with one attached hydrogen (secondary N) is 1. The molecule has 0 saturated heterocycles. The number of hydrogen-bond donors (Lipinski definition) is 1. The van der Waals surface area contributed by atoms with E-state index in [1.165, 1.54) is 12.1 Å². The summed E-state index contributed by atoms with van der Waals surface area (Å²) in [5, 5.41) is 3.82. The van der Waals surface area contributed by atoms with Crippen molar-refractivity contribution in [2.75, 3.05) is 20.7 Å². The fourth-order valence-electron chi connectivity index (χ4n) is 2.30. The van der Waals surface area contributed by atoms with Gasteiger partial charge < -0.3 is 14.2 Å². The van der Waals surface area contributed by atoms with Gasteiger partial charge in [0.15, 0.2) is 5.82 Å². The molecule has 0 spiro atoms. The smallest absolute Gasteiger partial charge is 0.240 e. The van der Waals surface area contributed by atoms with Gasteiger partial charge in [-0.2, -0.15) is 4.98 Å². The fourth-order valence-corrected chi connectivity index (χ4v) is 2.30. The number of H-pyrrole nitrogens is 1. The number of fused-ring (bicyclic) bond motifs is 1. The van der Waals surface area contributed by atoms with Crippen LogP contribution >= 0.6 is 0 Å². The molecule has 2 heterocycles.